The minimum absolute atomic E-state index is 0.123. The van der Waals surface area contributed by atoms with Gasteiger partial charge in [0, 0.05) is 18.8 Å². The van der Waals surface area contributed by atoms with Gasteiger partial charge in [0.05, 0.1) is 35.6 Å². The van der Waals surface area contributed by atoms with Crippen molar-refractivity contribution in [2.45, 2.75) is 37.5 Å². The summed E-state index contributed by atoms with van der Waals surface area (Å²) in [6.07, 6.45) is 5.81. The summed E-state index contributed by atoms with van der Waals surface area (Å²) < 4.78 is 15.9. The fourth-order valence-electron chi connectivity index (χ4n) is 3.45. The first-order chi connectivity index (χ1) is 13.0. The van der Waals surface area contributed by atoms with Gasteiger partial charge in [0.15, 0.2) is 0 Å². The maximum absolute atomic E-state index is 15.1. The van der Waals surface area contributed by atoms with E-state index in [0.29, 0.717) is 29.5 Å². The smallest absolute Gasteiger partial charge is 0.256 e. The van der Waals surface area contributed by atoms with E-state index in [9.17, 15) is 4.79 Å². The van der Waals surface area contributed by atoms with Crippen molar-refractivity contribution >= 4 is 46.0 Å². The normalized spacial score (nSPS) is 22.6. The van der Waals surface area contributed by atoms with E-state index in [1.165, 1.54) is 12.4 Å². The van der Waals surface area contributed by atoms with Crippen LogP contribution in [-0.4, -0.2) is 57.1 Å². The topological polar surface area (TPSA) is 62.2 Å². The molecule has 1 aliphatic carbocycles. The third-order valence-corrected chi connectivity index (χ3v) is 5.74. The number of pyridine rings is 1. The van der Waals surface area contributed by atoms with E-state index in [4.69, 9.17) is 11.6 Å². The zero-order chi connectivity index (χ0) is 19.0. The molecule has 2 aromatic rings. The molecule has 0 bridgehead atoms. The fourth-order valence-corrected chi connectivity index (χ4v) is 3.86. The second-order valence-corrected chi connectivity index (χ2v) is 8.37. The first-order valence-electron chi connectivity index (χ1n) is 8.83. The highest BCUT2D eigenvalue weighted by Gasteiger charge is 2.43. The minimum Gasteiger partial charge on any atom is -0.338 e. The number of amides is 1. The van der Waals surface area contributed by atoms with Crippen LogP contribution in [0.4, 0.5) is 10.3 Å². The second-order valence-electron chi connectivity index (χ2n) is 6.83. The number of carbonyl (C=O) groups excluding carboxylic acids is 1. The molecule has 0 N–H and O–H groups in total. The average molecular weight is 502 g/mol. The fraction of sp³-hybridized carbons (Fsp3) is 0.444. The Morgan fingerprint density at radius 1 is 1.19 bits per heavy atom. The van der Waals surface area contributed by atoms with Crippen LogP contribution < -0.4 is 4.90 Å². The van der Waals surface area contributed by atoms with Crippen LogP contribution in [-0.2, 0) is 0 Å². The molecule has 4 rings (SSSR count). The maximum Gasteiger partial charge on any atom is 0.256 e. The summed E-state index contributed by atoms with van der Waals surface area (Å²) in [7, 11) is 0. The molecular formula is C18H18ClFIN5O. The molecule has 1 amide bonds. The number of nitrogens with zero attached hydrogens (tertiary/aromatic N) is 5. The zero-order valence-corrected chi connectivity index (χ0v) is 17.3. The molecule has 9 heteroatoms. The van der Waals surface area contributed by atoms with E-state index >= 15 is 4.39 Å². The van der Waals surface area contributed by atoms with Crippen LogP contribution in [0.15, 0.2) is 30.7 Å². The number of anilines is 1. The van der Waals surface area contributed by atoms with Gasteiger partial charge in [-0.1, -0.05) is 11.6 Å². The molecule has 2 atom stereocenters. The van der Waals surface area contributed by atoms with Crippen molar-refractivity contribution < 1.29 is 9.18 Å². The molecule has 0 spiro atoms. The largest absolute Gasteiger partial charge is 0.338 e. The minimum atomic E-state index is -1.17. The second kappa shape index (κ2) is 7.83. The summed E-state index contributed by atoms with van der Waals surface area (Å²) >= 11 is 7.92. The number of hydrogen-bond donors (Lipinski definition) is 0. The molecule has 2 aliphatic rings. The van der Waals surface area contributed by atoms with Crippen LogP contribution in [0.3, 0.4) is 0 Å². The molecule has 2 aromatic heterocycles. The molecule has 1 aliphatic heterocycles. The molecular weight excluding hydrogens is 484 g/mol. The molecule has 2 fully saturated rings. The van der Waals surface area contributed by atoms with Crippen molar-refractivity contribution in [3.8, 4) is 0 Å². The molecule has 3 heterocycles. The van der Waals surface area contributed by atoms with Crippen molar-refractivity contribution in [1.82, 2.24) is 19.9 Å². The summed E-state index contributed by atoms with van der Waals surface area (Å²) in [6.45, 7) is 0.752. The van der Waals surface area contributed by atoms with E-state index in [1.54, 1.807) is 28.1 Å². The van der Waals surface area contributed by atoms with Gasteiger partial charge >= 0.3 is 0 Å². The Bertz CT molecular complexity index is 818. The third kappa shape index (κ3) is 4.16. The molecule has 6 nitrogen and oxygen atoms in total. The van der Waals surface area contributed by atoms with Crippen LogP contribution >= 0.6 is 34.2 Å². The first kappa shape index (κ1) is 18.8. The maximum atomic E-state index is 15.1. The summed E-state index contributed by atoms with van der Waals surface area (Å²) in [5.41, 5.74) is 0.512. The highest BCUT2D eigenvalue weighted by molar-refractivity contribution is 14.1. The number of alkyl halides is 1. The average Bonchev–Trinajstić information content (AvgIpc) is 3.49. The van der Waals surface area contributed by atoms with Crippen molar-refractivity contribution in [2.75, 3.05) is 18.0 Å². The number of piperidine rings is 1. The number of aromatic nitrogens is 3. The van der Waals surface area contributed by atoms with Crippen molar-refractivity contribution in [3.63, 3.8) is 0 Å². The Morgan fingerprint density at radius 2 is 1.93 bits per heavy atom. The molecule has 27 heavy (non-hydrogen) atoms. The van der Waals surface area contributed by atoms with Gasteiger partial charge in [-0.3, -0.25) is 4.79 Å². The molecule has 0 radical (unpaired) electrons. The Kier molecular flexibility index (Phi) is 5.45. The number of hydrogen-bond acceptors (Lipinski definition) is 5. The van der Waals surface area contributed by atoms with Gasteiger partial charge in [-0.05, 0) is 54.0 Å². The third-order valence-electron chi connectivity index (χ3n) is 4.90. The van der Waals surface area contributed by atoms with E-state index in [1.807, 2.05) is 0 Å². The van der Waals surface area contributed by atoms with E-state index in [2.05, 4.69) is 37.5 Å². The van der Waals surface area contributed by atoms with Gasteiger partial charge in [-0.2, -0.15) is 0 Å². The number of carbonyl (C=O) groups is 1. The summed E-state index contributed by atoms with van der Waals surface area (Å²) in [5, 5.41) is 0.446. The molecule has 0 aromatic carbocycles. The predicted octanol–water partition coefficient (Wildman–Crippen LogP) is 3.35. The summed E-state index contributed by atoms with van der Waals surface area (Å²) in [4.78, 5) is 29.1. The van der Waals surface area contributed by atoms with Gasteiger partial charge in [-0.25, -0.2) is 19.3 Å². The van der Waals surface area contributed by atoms with Crippen LogP contribution in [0.25, 0.3) is 0 Å². The van der Waals surface area contributed by atoms with Crippen LogP contribution in [0, 0.1) is 3.70 Å². The quantitative estimate of drug-likeness (QED) is 0.475. The van der Waals surface area contributed by atoms with Crippen LogP contribution in [0.1, 0.15) is 29.6 Å². The first-order valence-corrected chi connectivity index (χ1v) is 10.3. The van der Waals surface area contributed by atoms with Gasteiger partial charge in [0.2, 0.25) is 5.95 Å². The Hall–Kier alpha value is -1.55. The van der Waals surface area contributed by atoms with Gasteiger partial charge in [-0.15, -0.1) is 0 Å². The van der Waals surface area contributed by atoms with Crippen LogP contribution in [0.2, 0.25) is 5.02 Å². The lowest BCUT2D eigenvalue weighted by Crippen LogP contribution is -2.55. The Labute approximate surface area is 175 Å². The zero-order valence-electron chi connectivity index (χ0n) is 14.4. The summed E-state index contributed by atoms with van der Waals surface area (Å²) in [6, 6.07) is 3.24. The lowest BCUT2D eigenvalue weighted by molar-refractivity contribution is 0.0486. The van der Waals surface area contributed by atoms with E-state index < -0.39 is 12.2 Å². The highest BCUT2D eigenvalue weighted by atomic mass is 127. The summed E-state index contributed by atoms with van der Waals surface area (Å²) in [5.74, 6) is 0.330. The van der Waals surface area contributed by atoms with Crippen molar-refractivity contribution in [3.05, 3.63) is 45.0 Å². The molecule has 0 unspecified atom stereocenters. The molecule has 142 valence electrons. The SMILES string of the molecule is O=C(c1ccc(I)nc1)N(C1CC1)[C@@H]1CCN(c2ncc(Cl)cn2)C[C@@H]1F. The van der Waals surface area contributed by atoms with E-state index in [-0.39, 0.29) is 18.5 Å². The lowest BCUT2D eigenvalue weighted by Gasteiger charge is -2.41. The van der Waals surface area contributed by atoms with Gasteiger partial charge < -0.3 is 9.80 Å². The van der Waals surface area contributed by atoms with E-state index in [0.717, 1.165) is 16.5 Å². The number of rotatable bonds is 4. The van der Waals surface area contributed by atoms with Crippen molar-refractivity contribution in [2.24, 2.45) is 0 Å². The Balaban J connectivity index is 1.50. The predicted molar refractivity (Wildman–Crippen MR) is 109 cm³/mol. The van der Waals surface area contributed by atoms with Gasteiger partial charge in [0.1, 0.15) is 9.87 Å². The van der Waals surface area contributed by atoms with Gasteiger partial charge in [0.25, 0.3) is 5.91 Å². The van der Waals surface area contributed by atoms with Crippen molar-refractivity contribution in [1.29, 1.82) is 0 Å². The highest BCUT2D eigenvalue weighted by Crippen LogP contribution is 2.34. The standard InChI is InChI=1S/C18H18ClFIN5O/c19-12-8-23-18(24-9-12)25-6-5-15(14(20)10-25)26(13-2-3-13)17(27)11-1-4-16(21)22-7-11/h1,4,7-9,13-15H,2-3,5-6,10H2/t14-,15+/m0/s1. The number of halogens is 3. The monoisotopic (exact) mass is 501 g/mol. The van der Waals surface area contributed by atoms with Crippen LogP contribution in [0.5, 0.6) is 0 Å². The molecule has 1 saturated heterocycles. The molecule has 1 saturated carbocycles. The Morgan fingerprint density at radius 3 is 2.52 bits per heavy atom. The lowest BCUT2D eigenvalue weighted by atomic mass is 10.00.